The minimum Gasteiger partial charge on any atom is -0.244 e. The Morgan fingerprint density at radius 3 is 3.14 bits per heavy atom. The fourth-order valence-electron chi connectivity index (χ4n) is 1.65. The first kappa shape index (κ1) is 7.44. The minimum absolute atomic E-state index is 0.995. The SMILES string of the molecule is [c]1cccc2c1ccc1cncnc12. The number of aromatic nitrogens is 2. The molecule has 3 rings (SSSR count). The molecule has 0 saturated heterocycles. The van der Waals surface area contributed by atoms with E-state index in [1.807, 2.05) is 30.5 Å². The second-order valence-corrected chi connectivity index (χ2v) is 3.16. The van der Waals surface area contributed by atoms with Crippen molar-refractivity contribution in [3.05, 3.63) is 48.9 Å². The Labute approximate surface area is 81.2 Å². The van der Waals surface area contributed by atoms with E-state index >= 15 is 0 Å². The van der Waals surface area contributed by atoms with Crippen LogP contribution in [-0.4, -0.2) is 9.97 Å². The smallest absolute Gasteiger partial charge is 0.116 e. The molecule has 0 N–H and O–H groups in total. The van der Waals surface area contributed by atoms with E-state index < -0.39 is 0 Å². The molecule has 1 radical (unpaired) electrons. The van der Waals surface area contributed by atoms with E-state index in [1.165, 1.54) is 0 Å². The van der Waals surface area contributed by atoms with Gasteiger partial charge in [-0.3, -0.25) is 0 Å². The second-order valence-electron chi connectivity index (χ2n) is 3.16. The maximum absolute atomic E-state index is 4.28. The molecule has 1 aromatic heterocycles. The predicted octanol–water partition coefficient (Wildman–Crippen LogP) is 2.58. The van der Waals surface area contributed by atoms with Crippen molar-refractivity contribution >= 4 is 21.7 Å². The molecule has 2 nitrogen and oxygen atoms in total. The van der Waals surface area contributed by atoms with Gasteiger partial charge in [0.25, 0.3) is 0 Å². The number of rotatable bonds is 0. The Kier molecular flexibility index (Phi) is 1.47. The average Bonchev–Trinajstić information content (AvgIpc) is 2.29. The van der Waals surface area contributed by atoms with Gasteiger partial charge < -0.3 is 0 Å². The number of fused-ring (bicyclic) bond motifs is 3. The van der Waals surface area contributed by atoms with Crippen LogP contribution in [0.5, 0.6) is 0 Å². The molecule has 0 fully saturated rings. The maximum Gasteiger partial charge on any atom is 0.116 e. The topological polar surface area (TPSA) is 25.8 Å². The molecule has 0 bridgehead atoms. The van der Waals surface area contributed by atoms with E-state index in [0.717, 1.165) is 21.7 Å². The predicted molar refractivity (Wildman–Crippen MR) is 55.9 cm³/mol. The second kappa shape index (κ2) is 2.77. The summed E-state index contributed by atoms with van der Waals surface area (Å²) in [7, 11) is 0. The molecule has 3 aromatic rings. The molecule has 1 heterocycles. The molecule has 0 unspecified atom stereocenters. The van der Waals surface area contributed by atoms with E-state index in [1.54, 1.807) is 6.33 Å². The molecular formula is C12H7N2. The van der Waals surface area contributed by atoms with Crippen LogP contribution in [0, 0.1) is 6.07 Å². The highest BCUT2D eigenvalue weighted by Crippen LogP contribution is 2.21. The first-order valence-electron chi connectivity index (χ1n) is 4.44. The van der Waals surface area contributed by atoms with Crippen molar-refractivity contribution in [3.8, 4) is 0 Å². The number of benzene rings is 2. The fraction of sp³-hybridized carbons (Fsp3) is 0. The summed E-state index contributed by atoms with van der Waals surface area (Å²) in [6, 6.07) is 13.2. The average molecular weight is 179 g/mol. The van der Waals surface area contributed by atoms with Gasteiger partial charge in [-0.15, -0.1) is 0 Å². The van der Waals surface area contributed by atoms with Crippen LogP contribution in [0.2, 0.25) is 0 Å². The molecular weight excluding hydrogens is 172 g/mol. The van der Waals surface area contributed by atoms with Crippen LogP contribution in [0.1, 0.15) is 0 Å². The molecule has 0 aliphatic rings. The van der Waals surface area contributed by atoms with Crippen LogP contribution < -0.4 is 0 Å². The van der Waals surface area contributed by atoms with Gasteiger partial charge in [-0.25, -0.2) is 9.97 Å². The zero-order chi connectivity index (χ0) is 9.38. The van der Waals surface area contributed by atoms with Crippen molar-refractivity contribution in [2.24, 2.45) is 0 Å². The van der Waals surface area contributed by atoms with Crippen molar-refractivity contribution in [3.63, 3.8) is 0 Å². The van der Waals surface area contributed by atoms with E-state index in [0.29, 0.717) is 0 Å². The molecule has 0 saturated carbocycles. The number of nitrogens with zero attached hydrogens (tertiary/aromatic N) is 2. The molecule has 0 aliphatic carbocycles. The van der Waals surface area contributed by atoms with Crippen molar-refractivity contribution in [1.29, 1.82) is 0 Å². The summed E-state index contributed by atoms with van der Waals surface area (Å²) < 4.78 is 0. The van der Waals surface area contributed by atoms with Crippen LogP contribution in [0.15, 0.2) is 42.9 Å². The van der Waals surface area contributed by atoms with Crippen molar-refractivity contribution in [2.75, 3.05) is 0 Å². The van der Waals surface area contributed by atoms with Gasteiger partial charge in [-0.2, -0.15) is 0 Å². The lowest BCUT2D eigenvalue weighted by atomic mass is 10.1. The molecule has 14 heavy (non-hydrogen) atoms. The van der Waals surface area contributed by atoms with Crippen molar-refractivity contribution < 1.29 is 0 Å². The summed E-state index contributed by atoms with van der Waals surface area (Å²) in [6.07, 6.45) is 3.41. The summed E-state index contributed by atoms with van der Waals surface area (Å²) in [5, 5.41) is 3.30. The zero-order valence-electron chi connectivity index (χ0n) is 7.44. The number of hydrogen-bond donors (Lipinski definition) is 0. The van der Waals surface area contributed by atoms with Crippen LogP contribution in [0.25, 0.3) is 21.7 Å². The summed E-state index contributed by atoms with van der Waals surface area (Å²) in [6.45, 7) is 0. The zero-order valence-corrected chi connectivity index (χ0v) is 7.44. The maximum atomic E-state index is 4.28. The highest BCUT2D eigenvalue weighted by atomic mass is 14.8. The van der Waals surface area contributed by atoms with Gasteiger partial charge in [-0.1, -0.05) is 30.3 Å². The van der Waals surface area contributed by atoms with Gasteiger partial charge >= 0.3 is 0 Å². The van der Waals surface area contributed by atoms with Gasteiger partial charge in [0.2, 0.25) is 0 Å². The van der Waals surface area contributed by atoms with E-state index in [9.17, 15) is 0 Å². The van der Waals surface area contributed by atoms with Gasteiger partial charge in [0.05, 0.1) is 5.52 Å². The largest absolute Gasteiger partial charge is 0.244 e. The fourth-order valence-corrected chi connectivity index (χ4v) is 1.65. The number of hydrogen-bond acceptors (Lipinski definition) is 2. The quantitative estimate of drug-likeness (QED) is 0.496. The summed E-state index contributed by atoms with van der Waals surface area (Å²) in [5.41, 5.74) is 0.995. The third-order valence-corrected chi connectivity index (χ3v) is 2.31. The van der Waals surface area contributed by atoms with Gasteiger partial charge in [-0.05, 0) is 11.5 Å². The van der Waals surface area contributed by atoms with Gasteiger partial charge in [0.1, 0.15) is 6.33 Å². The standard InChI is InChI=1S/C12H7N2/c1-2-4-11-9(3-1)5-6-10-7-13-8-14-12(10)11/h1-2,4-8H. The minimum atomic E-state index is 0.995. The van der Waals surface area contributed by atoms with Crippen LogP contribution in [0.3, 0.4) is 0 Å². The van der Waals surface area contributed by atoms with E-state index in [2.05, 4.69) is 22.1 Å². The summed E-state index contributed by atoms with van der Waals surface area (Å²) >= 11 is 0. The molecule has 0 spiro atoms. The van der Waals surface area contributed by atoms with Crippen LogP contribution in [0.4, 0.5) is 0 Å². The lowest BCUT2D eigenvalue weighted by molar-refractivity contribution is 1.23. The Bertz CT molecular complexity index is 547. The van der Waals surface area contributed by atoms with Crippen LogP contribution >= 0.6 is 0 Å². The molecule has 0 atom stereocenters. The van der Waals surface area contributed by atoms with Crippen molar-refractivity contribution in [1.82, 2.24) is 9.97 Å². The van der Waals surface area contributed by atoms with Gasteiger partial charge in [0.15, 0.2) is 0 Å². The summed E-state index contributed by atoms with van der Waals surface area (Å²) in [4.78, 5) is 8.28. The third kappa shape index (κ3) is 0.973. The van der Waals surface area contributed by atoms with Gasteiger partial charge in [0, 0.05) is 17.0 Å². The lowest BCUT2D eigenvalue weighted by Gasteiger charge is -2.00. The molecule has 65 valence electrons. The highest BCUT2D eigenvalue weighted by molar-refractivity contribution is 6.04. The monoisotopic (exact) mass is 179 g/mol. The third-order valence-electron chi connectivity index (χ3n) is 2.31. The Morgan fingerprint density at radius 2 is 2.14 bits per heavy atom. The molecule has 0 amide bonds. The molecule has 2 aromatic carbocycles. The first-order valence-corrected chi connectivity index (χ1v) is 4.44. The molecule has 2 heteroatoms. The highest BCUT2D eigenvalue weighted by Gasteiger charge is 1.99. The lowest BCUT2D eigenvalue weighted by Crippen LogP contribution is -1.82. The van der Waals surface area contributed by atoms with E-state index in [4.69, 9.17) is 0 Å². The summed E-state index contributed by atoms with van der Waals surface area (Å²) in [5.74, 6) is 0. The Morgan fingerprint density at radius 1 is 1.14 bits per heavy atom. The normalized spacial score (nSPS) is 10.9. The van der Waals surface area contributed by atoms with E-state index in [-0.39, 0.29) is 0 Å². The van der Waals surface area contributed by atoms with Crippen molar-refractivity contribution in [2.45, 2.75) is 0 Å². The Hall–Kier alpha value is -1.96. The Balaban J connectivity index is 2.61. The first-order chi connectivity index (χ1) is 6.95. The molecule has 0 aliphatic heterocycles. The van der Waals surface area contributed by atoms with Crippen LogP contribution in [-0.2, 0) is 0 Å².